The maximum absolute atomic E-state index is 12.5. The molecule has 3 N–H and O–H groups in total. The number of rotatable bonds is 6. The van der Waals surface area contributed by atoms with Crippen molar-refractivity contribution in [2.75, 3.05) is 35.8 Å². The van der Waals surface area contributed by atoms with Crippen molar-refractivity contribution in [1.29, 1.82) is 0 Å². The second-order valence-electron chi connectivity index (χ2n) is 11.5. The van der Waals surface area contributed by atoms with E-state index in [4.69, 9.17) is 15.7 Å². The van der Waals surface area contributed by atoms with Crippen LogP contribution in [0.5, 0.6) is 0 Å². The third kappa shape index (κ3) is 5.88. The predicted octanol–water partition coefficient (Wildman–Crippen LogP) is 5.27. The normalized spacial score (nSPS) is 20.1. The third-order valence-corrected chi connectivity index (χ3v) is 7.47. The Hall–Kier alpha value is -2.83. The second kappa shape index (κ2) is 10.4. The molecule has 0 radical (unpaired) electrons. The van der Waals surface area contributed by atoms with Crippen LogP contribution in [-0.2, 0) is 18.3 Å². The van der Waals surface area contributed by atoms with E-state index in [1.807, 2.05) is 18.2 Å². The summed E-state index contributed by atoms with van der Waals surface area (Å²) < 4.78 is 0. The summed E-state index contributed by atoms with van der Waals surface area (Å²) in [6.45, 7) is 7.18. The lowest BCUT2D eigenvalue weighted by Crippen LogP contribution is -2.42. The number of hydrogen-bond donors (Lipinski definition) is 2. The van der Waals surface area contributed by atoms with E-state index in [1.165, 1.54) is 24.1 Å². The summed E-state index contributed by atoms with van der Waals surface area (Å²) in [5.74, 6) is 2.24. The number of carbonyl (C=O) groups is 1. The van der Waals surface area contributed by atoms with Gasteiger partial charge in [0.1, 0.15) is 5.82 Å². The van der Waals surface area contributed by atoms with Crippen LogP contribution in [0.25, 0.3) is 0 Å². The standard InChI is InChI=1S/C28H42N6O/c1-28(2,3)22-11-7-9-13-24(22)34(26(29)35)18-19-14-16-20(17-15-19)30-27-31-23-12-8-6-10-21(23)25(32-27)33(4)5/h7,9,11,13,19-20H,6,8,10,12,14-18H2,1-5H3,(H2,29,35)(H,30,31,32). The molecule has 0 unspecified atom stereocenters. The fourth-order valence-corrected chi connectivity index (χ4v) is 5.59. The quantitative estimate of drug-likeness (QED) is 0.590. The van der Waals surface area contributed by atoms with Gasteiger partial charge in [-0.1, -0.05) is 39.0 Å². The summed E-state index contributed by atoms with van der Waals surface area (Å²) in [6, 6.07) is 8.13. The molecule has 2 aliphatic carbocycles. The number of anilines is 3. The zero-order valence-corrected chi connectivity index (χ0v) is 22.1. The van der Waals surface area contributed by atoms with Crippen LogP contribution in [0, 0.1) is 5.92 Å². The minimum Gasteiger partial charge on any atom is -0.362 e. The van der Waals surface area contributed by atoms with Crippen LogP contribution in [0.2, 0.25) is 0 Å². The van der Waals surface area contributed by atoms with Crippen molar-refractivity contribution < 1.29 is 4.79 Å². The van der Waals surface area contributed by atoms with E-state index in [9.17, 15) is 4.79 Å². The van der Waals surface area contributed by atoms with Gasteiger partial charge in [0, 0.05) is 37.9 Å². The minimum absolute atomic E-state index is 0.0633. The molecule has 190 valence electrons. The number of aromatic nitrogens is 2. The number of fused-ring (bicyclic) bond motifs is 1. The van der Waals surface area contributed by atoms with Gasteiger partial charge in [0.05, 0.1) is 5.69 Å². The number of hydrogen-bond acceptors (Lipinski definition) is 5. The van der Waals surface area contributed by atoms with Crippen LogP contribution in [0.1, 0.15) is 76.1 Å². The average Bonchev–Trinajstić information content (AvgIpc) is 2.82. The predicted molar refractivity (Wildman–Crippen MR) is 144 cm³/mol. The summed E-state index contributed by atoms with van der Waals surface area (Å²) >= 11 is 0. The third-order valence-electron chi connectivity index (χ3n) is 7.47. The topological polar surface area (TPSA) is 87.4 Å². The van der Waals surface area contributed by atoms with Gasteiger partial charge in [-0.2, -0.15) is 4.98 Å². The first-order chi connectivity index (χ1) is 16.6. The number of amides is 2. The number of carbonyl (C=O) groups excluding carboxylic acids is 1. The minimum atomic E-state index is -0.374. The van der Waals surface area contributed by atoms with Crippen molar-refractivity contribution in [3.63, 3.8) is 0 Å². The van der Waals surface area contributed by atoms with Crippen LogP contribution in [-0.4, -0.2) is 42.7 Å². The Morgan fingerprint density at radius 3 is 2.40 bits per heavy atom. The Kier molecular flexibility index (Phi) is 7.53. The summed E-state index contributed by atoms with van der Waals surface area (Å²) in [5, 5.41) is 3.63. The van der Waals surface area contributed by atoms with Crippen LogP contribution < -0.4 is 20.9 Å². The van der Waals surface area contributed by atoms with Gasteiger partial charge in [0.25, 0.3) is 0 Å². The van der Waals surface area contributed by atoms with E-state index < -0.39 is 0 Å². The molecule has 1 aromatic carbocycles. The molecule has 2 amide bonds. The zero-order valence-electron chi connectivity index (χ0n) is 22.1. The Morgan fingerprint density at radius 2 is 1.74 bits per heavy atom. The first-order valence-corrected chi connectivity index (χ1v) is 13.1. The number of para-hydroxylation sites is 1. The highest BCUT2D eigenvalue weighted by molar-refractivity contribution is 5.91. The van der Waals surface area contributed by atoms with Crippen molar-refractivity contribution in [2.24, 2.45) is 11.7 Å². The molecule has 7 heteroatoms. The number of aryl methyl sites for hydroxylation is 1. The molecule has 7 nitrogen and oxygen atoms in total. The Morgan fingerprint density at radius 1 is 1.06 bits per heavy atom. The van der Waals surface area contributed by atoms with Gasteiger partial charge in [-0.3, -0.25) is 4.90 Å². The maximum atomic E-state index is 12.5. The summed E-state index contributed by atoms with van der Waals surface area (Å²) in [7, 11) is 4.13. The van der Waals surface area contributed by atoms with Crippen LogP contribution in [0.4, 0.5) is 22.2 Å². The summed E-state index contributed by atoms with van der Waals surface area (Å²) in [5.41, 5.74) is 10.4. The number of nitrogens with one attached hydrogen (secondary N) is 1. The number of nitrogens with zero attached hydrogens (tertiary/aromatic N) is 4. The SMILES string of the molecule is CN(C)c1nc(NC2CCC(CN(C(N)=O)c3ccccc3C(C)(C)C)CC2)nc2c1CCCC2. The molecule has 1 heterocycles. The average molecular weight is 479 g/mol. The summed E-state index contributed by atoms with van der Waals surface area (Å²) in [6.07, 6.45) is 8.70. The monoisotopic (exact) mass is 478 g/mol. The number of primary amides is 1. The van der Waals surface area contributed by atoms with Gasteiger partial charge < -0.3 is 16.0 Å². The number of nitrogens with two attached hydrogens (primary N) is 1. The van der Waals surface area contributed by atoms with Gasteiger partial charge in [-0.05, 0) is 74.3 Å². The fraction of sp³-hybridized carbons (Fsp3) is 0.607. The molecule has 2 aliphatic rings. The molecule has 1 aromatic heterocycles. The molecular weight excluding hydrogens is 436 g/mol. The molecule has 35 heavy (non-hydrogen) atoms. The molecule has 0 bridgehead atoms. The van der Waals surface area contributed by atoms with Gasteiger partial charge in [-0.15, -0.1) is 0 Å². The Bertz CT molecular complexity index is 1040. The maximum Gasteiger partial charge on any atom is 0.319 e. The van der Waals surface area contributed by atoms with Gasteiger partial charge in [0.2, 0.25) is 5.95 Å². The lowest BCUT2D eigenvalue weighted by Gasteiger charge is -2.35. The van der Waals surface area contributed by atoms with E-state index in [1.54, 1.807) is 4.90 Å². The highest BCUT2D eigenvalue weighted by Crippen LogP contribution is 2.35. The fourth-order valence-electron chi connectivity index (χ4n) is 5.59. The second-order valence-corrected chi connectivity index (χ2v) is 11.5. The van der Waals surface area contributed by atoms with E-state index in [0.29, 0.717) is 18.5 Å². The first kappa shape index (κ1) is 25.3. The van der Waals surface area contributed by atoms with Crippen LogP contribution >= 0.6 is 0 Å². The molecule has 0 saturated heterocycles. The molecule has 4 rings (SSSR count). The largest absolute Gasteiger partial charge is 0.362 e. The van der Waals surface area contributed by atoms with E-state index in [0.717, 1.165) is 61.5 Å². The highest BCUT2D eigenvalue weighted by Gasteiger charge is 2.29. The highest BCUT2D eigenvalue weighted by atomic mass is 16.2. The lowest BCUT2D eigenvalue weighted by molar-refractivity contribution is 0.250. The molecule has 2 aromatic rings. The molecular formula is C28H42N6O. The van der Waals surface area contributed by atoms with Crippen molar-refractivity contribution in [3.05, 3.63) is 41.1 Å². The first-order valence-electron chi connectivity index (χ1n) is 13.1. The van der Waals surface area contributed by atoms with E-state index in [-0.39, 0.29) is 11.4 Å². The summed E-state index contributed by atoms with van der Waals surface area (Å²) in [4.78, 5) is 26.1. The Labute approximate surface area is 210 Å². The van der Waals surface area contributed by atoms with E-state index >= 15 is 0 Å². The van der Waals surface area contributed by atoms with Crippen molar-refractivity contribution >= 4 is 23.5 Å². The van der Waals surface area contributed by atoms with Gasteiger partial charge >= 0.3 is 6.03 Å². The molecule has 0 spiro atoms. The molecule has 1 saturated carbocycles. The van der Waals surface area contributed by atoms with Crippen molar-refractivity contribution in [2.45, 2.75) is 83.6 Å². The smallest absolute Gasteiger partial charge is 0.319 e. The molecule has 1 fully saturated rings. The lowest BCUT2D eigenvalue weighted by atomic mass is 9.84. The zero-order chi connectivity index (χ0) is 25.2. The van der Waals surface area contributed by atoms with Crippen molar-refractivity contribution in [1.82, 2.24) is 9.97 Å². The van der Waals surface area contributed by atoms with Gasteiger partial charge in [0.15, 0.2) is 0 Å². The molecule has 0 atom stereocenters. The number of urea groups is 1. The van der Waals surface area contributed by atoms with Crippen LogP contribution in [0.15, 0.2) is 24.3 Å². The van der Waals surface area contributed by atoms with E-state index in [2.05, 4.69) is 51.1 Å². The molecule has 0 aliphatic heterocycles. The number of benzene rings is 1. The van der Waals surface area contributed by atoms with Gasteiger partial charge in [-0.25, -0.2) is 9.78 Å². The van der Waals surface area contributed by atoms with Crippen molar-refractivity contribution in [3.8, 4) is 0 Å². The Balaban J connectivity index is 1.41. The van der Waals surface area contributed by atoms with Crippen LogP contribution in [0.3, 0.4) is 0 Å².